The lowest BCUT2D eigenvalue weighted by Crippen LogP contribution is -2.62. The maximum atomic E-state index is 6.06. The number of hydrogen-bond donors (Lipinski definition) is 2. The number of hydrogen-bond acceptors (Lipinski definition) is 4. The van der Waals surface area contributed by atoms with Gasteiger partial charge in [0.1, 0.15) is 0 Å². The number of likely N-dealkylation sites (N-methyl/N-ethyl adjacent to an activating group) is 1. The average Bonchev–Trinajstić information content (AvgIpc) is 2.99. The topological polar surface area (TPSA) is 54.2 Å². The molecule has 116 valence electrons. The van der Waals surface area contributed by atoms with Crippen molar-refractivity contribution in [2.45, 2.75) is 62.4 Å². The van der Waals surface area contributed by atoms with Crippen molar-refractivity contribution in [3.8, 4) is 0 Å². The second-order valence-electron chi connectivity index (χ2n) is 6.90. The normalized spacial score (nSPS) is 25.8. The van der Waals surface area contributed by atoms with E-state index >= 15 is 0 Å². The van der Waals surface area contributed by atoms with Crippen LogP contribution in [0.4, 0.5) is 0 Å². The molecule has 1 fully saturated rings. The van der Waals surface area contributed by atoms with E-state index in [1.54, 1.807) is 0 Å². The van der Waals surface area contributed by atoms with Gasteiger partial charge in [0, 0.05) is 29.4 Å². The SMILES string of the molecule is CN(C)C1(C(NN)C2CCCc3cccnc32)CCCC1. The van der Waals surface area contributed by atoms with Crippen molar-refractivity contribution in [1.82, 2.24) is 15.3 Å². The van der Waals surface area contributed by atoms with Crippen LogP contribution >= 0.6 is 0 Å². The molecule has 3 rings (SSSR count). The van der Waals surface area contributed by atoms with Crippen molar-refractivity contribution in [2.24, 2.45) is 5.84 Å². The third-order valence-electron chi connectivity index (χ3n) is 5.76. The van der Waals surface area contributed by atoms with Gasteiger partial charge in [-0.2, -0.15) is 0 Å². The third-order valence-corrected chi connectivity index (χ3v) is 5.76. The summed E-state index contributed by atoms with van der Waals surface area (Å²) in [5, 5.41) is 0. The highest BCUT2D eigenvalue weighted by Crippen LogP contribution is 2.44. The lowest BCUT2D eigenvalue weighted by molar-refractivity contribution is 0.0856. The fourth-order valence-electron chi connectivity index (χ4n) is 4.64. The predicted molar refractivity (Wildman–Crippen MR) is 85.9 cm³/mol. The Morgan fingerprint density at radius 2 is 2.10 bits per heavy atom. The summed E-state index contributed by atoms with van der Waals surface area (Å²) in [7, 11) is 4.41. The molecule has 2 aliphatic rings. The lowest BCUT2D eigenvalue weighted by atomic mass is 9.73. The summed E-state index contributed by atoms with van der Waals surface area (Å²) in [6.45, 7) is 0. The second kappa shape index (κ2) is 6.03. The van der Waals surface area contributed by atoms with Crippen molar-refractivity contribution in [2.75, 3.05) is 14.1 Å². The Labute approximate surface area is 128 Å². The molecule has 0 aliphatic heterocycles. The standard InChI is InChI=1S/C17H28N4/c1-21(2)17(10-3-4-11-17)16(20-18)14-9-5-7-13-8-6-12-19-15(13)14/h6,8,12,14,16,20H,3-5,7,9-11,18H2,1-2H3. The molecule has 0 spiro atoms. The van der Waals surface area contributed by atoms with Crippen molar-refractivity contribution in [3.05, 3.63) is 29.6 Å². The van der Waals surface area contributed by atoms with Gasteiger partial charge in [-0.1, -0.05) is 18.9 Å². The van der Waals surface area contributed by atoms with E-state index in [0.29, 0.717) is 5.92 Å². The first-order chi connectivity index (χ1) is 10.2. The number of rotatable bonds is 4. The van der Waals surface area contributed by atoms with E-state index in [1.165, 1.54) is 49.8 Å². The van der Waals surface area contributed by atoms with Crippen LogP contribution in [0.2, 0.25) is 0 Å². The van der Waals surface area contributed by atoms with Crippen LogP contribution in [0.25, 0.3) is 0 Å². The van der Waals surface area contributed by atoms with Crippen molar-refractivity contribution >= 4 is 0 Å². The summed E-state index contributed by atoms with van der Waals surface area (Å²) in [5.74, 6) is 6.49. The second-order valence-corrected chi connectivity index (χ2v) is 6.90. The molecule has 0 radical (unpaired) electrons. The van der Waals surface area contributed by atoms with Crippen LogP contribution in [0.5, 0.6) is 0 Å². The maximum absolute atomic E-state index is 6.06. The molecule has 2 atom stereocenters. The minimum Gasteiger partial charge on any atom is -0.302 e. The number of pyridine rings is 1. The molecule has 4 nitrogen and oxygen atoms in total. The fourth-order valence-corrected chi connectivity index (χ4v) is 4.64. The molecular formula is C17H28N4. The smallest absolute Gasteiger partial charge is 0.0483 e. The van der Waals surface area contributed by atoms with Crippen LogP contribution < -0.4 is 11.3 Å². The van der Waals surface area contributed by atoms with Crippen LogP contribution in [0.3, 0.4) is 0 Å². The van der Waals surface area contributed by atoms with Gasteiger partial charge in [-0.25, -0.2) is 0 Å². The summed E-state index contributed by atoms with van der Waals surface area (Å²) in [4.78, 5) is 7.12. The van der Waals surface area contributed by atoms with Crippen molar-refractivity contribution < 1.29 is 0 Å². The number of nitrogens with one attached hydrogen (secondary N) is 1. The van der Waals surface area contributed by atoms with Crippen LogP contribution in [-0.4, -0.2) is 35.6 Å². The largest absolute Gasteiger partial charge is 0.302 e. The van der Waals surface area contributed by atoms with Gasteiger partial charge in [0.2, 0.25) is 0 Å². The summed E-state index contributed by atoms with van der Waals surface area (Å²) in [6, 6.07) is 4.58. The molecule has 0 amide bonds. The minimum absolute atomic E-state index is 0.172. The summed E-state index contributed by atoms with van der Waals surface area (Å²) in [6.07, 6.45) is 10.6. The summed E-state index contributed by atoms with van der Waals surface area (Å²) in [5.41, 5.74) is 6.06. The van der Waals surface area contributed by atoms with E-state index < -0.39 is 0 Å². The third kappa shape index (κ3) is 2.50. The highest BCUT2D eigenvalue weighted by molar-refractivity contribution is 5.29. The zero-order chi connectivity index (χ0) is 14.9. The quantitative estimate of drug-likeness (QED) is 0.659. The molecule has 1 heterocycles. The molecule has 0 aromatic carbocycles. The first kappa shape index (κ1) is 14.9. The highest BCUT2D eigenvalue weighted by atomic mass is 15.3. The average molecular weight is 288 g/mol. The molecule has 2 aliphatic carbocycles. The summed E-state index contributed by atoms with van der Waals surface area (Å²) < 4.78 is 0. The van der Waals surface area contributed by atoms with E-state index in [4.69, 9.17) is 10.8 Å². The van der Waals surface area contributed by atoms with Gasteiger partial charge < -0.3 is 4.90 Å². The number of nitrogens with two attached hydrogens (primary N) is 1. The first-order valence-corrected chi connectivity index (χ1v) is 8.26. The Bertz CT molecular complexity index is 479. The van der Waals surface area contributed by atoms with Crippen LogP contribution in [0.15, 0.2) is 18.3 Å². The number of aryl methyl sites for hydroxylation is 1. The number of hydrazine groups is 1. The molecule has 0 saturated heterocycles. The van der Waals surface area contributed by atoms with Crippen LogP contribution in [0.1, 0.15) is 55.7 Å². The minimum atomic E-state index is 0.172. The first-order valence-electron chi connectivity index (χ1n) is 8.26. The van der Waals surface area contributed by atoms with Gasteiger partial charge in [-0.05, 0) is 57.8 Å². The molecule has 21 heavy (non-hydrogen) atoms. The zero-order valence-electron chi connectivity index (χ0n) is 13.3. The van der Waals surface area contributed by atoms with Crippen molar-refractivity contribution in [1.29, 1.82) is 0 Å². The Morgan fingerprint density at radius 1 is 1.33 bits per heavy atom. The predicted octanol–water partition coefficient (Wildman–Crippen LogP) is 2.21. The Hall–Kier alpha value is -0.970. The molecule has 4 heteroatoms. The number of nitrogens with zero attached hydrogens (tertiary/aromatic N) is 2. The molecule has 3 N–H and O–H groups in total. The van der Waals surface area contributed by atoms with Gasteiger partial charge in [-0.3, -0.25) is 16.3 Å². The highest BCUT2D eigenvalue weighted by Gasteiger charge is 2.47. The van der Waals surface area contributed by atoms with E-state index in [0.717, 1.165) is 6.42 Å². The van der Waals surface area contributed by atoms with Gasteiger partial charge in [0.05, 0.1) is 0 Å². The molecule has 1 aromatic rings. The van der Waals surface area contributed by atoms with E-state index in [1.807, 2.05) is 6.20 Å². The van der Waals surface area contributed by atoms with Crippen molar-refractivity contribution in [3.63, 3.8) is 0 Å². The number of aromatic nitrogens is 1. The molecule has 0 bridgehead atoms. The maximum Gasteiger partial charge on any atom is 0.0483 e. The van der Waals surface area contributed by atoms with E-state index in [-0.39, 0.29) is 11.6 Å². The zero-order valence-corrected chi connectivity index (χ0v) is 13.3. The van der Waals surface area contributed by atoms with Gasteiger partial charge >= 0.3 is 0 Å². The Kier molecular flexibility index (Phi) is 4.29. The lowest BCUT2D eigenvalue weighted by Gasteiger charge is -2.47. The van der Waals surface area contributed by atoms with Crippen LogP contribution in [0, 0.1) is 0 Å². The Balaban J connectivity index is 1.97. The summed E-state index contributed by atoms with van der Waals surface area (Å²) >= 11 is 0. The number of fused-ring (bicyclic) bond motifs is 1. The molecular weight excluding hydrogens is 260 g/mol. The molecule has 1 aromatic heterocycles. The van der Waals surface area contributed by atoms with Crippen LogP contribution in [-0.2, 0) is 6.42 Å². The van der Waals surface area contributed by atoms with E-state index in [2.05, 4.69) is 36.6 Å². The van der Waals surface area contributed by atoms with Gasteiger partial charge in [0.25, 0.3) is 0 Å². The van der Waals surface area contributed by atoms with E-state index in [9.17, 15) is 0 Å². The molecule has 1 saturated carbocycles. The Morgan fingerprint density at radius 3 is 2.76 bits per heavy atom. The monoisotopic (exact) mass is 288 g/mol. The van der Waals surface area contributed by atoms with Gasteiger partial charge in [0.15, 0.2) is 0 Å². The molecule has 2 unspecified atom stereocenters. The fraction of sp³-hybridized carbons (Fsp3) is 0.706. The van der Waals surface area contributed by atoms with Gasteiger partial charge in [-0.15, -0.1) is 0 Å².